The van der Waals surface area contributed by atoms with Crippen molar-refractivity contribution in [2.45, 2.75) is 6.54 Å². The lowest BCUT2D eigenvalue weighted by molar-refractivity contribution is 0.102. The summed E-state index contributed by atoms with van der Waals surface area (Å²) in [6.07, 6.45) is 1.56. The molecule has 1 N–H and O–H groups in total. The van der Waals surface area contributed by atoms with Crippen LogP contribution < -0.4 is 10.9 Å². The van der Waals surface area contributed by atoms with E-state index in [9.17, 15) is 14.0 Å². The molecule has 34 heavy (non-hydrogen) atoms. The van der Waals surface area contributed by atoms with Crippen molar-refractivity contribution in [3.05, 3.63) is 131 Å². The van der Waals surface area contributed by atoms with Gasteiger partial charge in [-0.05, 0) is 35.9 Å². The van der Waals surface area contributed by atoms with Gasteiger partial charge in [0.2, 0.25) is 0 Å². The van der Waals surface area contributed by atoms with Gasteiger partial charge in [0.25, 0.3) is 11.5 Å². The topological polar surface area (TPSA) is 64.0 Å². The van der Waals surface area contributed by atoms with E-state index in [0.29, 0.717) is 22.3 Å². The lowest BCUT2D eigenvalue weighted by atomic mass is 10.0. The first-order valence-corrected chi connectivity index (χ1v) is 10.8. The van der Waals surface area contributed by atoms with Crippen molar-refractivity contribution in [2.75, 3.05) is 5.32 Å². The number of para-hydroxylation sites is 1. The summed E-state index contributed by atoms with van der Waals surface area (Å²) in [6, 6.07) is 28.4. The summed E-state index contributed by atoms with van der Waals surface area (Å²) in [5.74, 6) is -0.966. The molecule has 2 aromatic heterocycles. The van der Waals surface area contributed by atoms with Gasteiger partial charge in [-0.25, -0.2) is 9.37 Å². The second kappa shape index (κ2) is 9.11. The molecule has 0 saturated carbocycles. The fraction of sp³-hybridized carbons (Fsp3) is 0.0357. The van der Waals surface area contributed by atoms with Crippen LogP contribution in [0, 0.1) is 5.82 Å². The average molecular weight is 449 g/mol. The van der Waals surface area contributed by atoms with E-state index in [1.165, 1.54) is 16.7 Å². The van der Waals surface area contributed by atoms with Crippen molar-refractivity contribution < 1.29 is 9.18 Å². The number of aromatic nitrogens is 2. The summed E-state index contributed by atoms with van der Waals surface area (Å²) in [7, 11) is 0. The van der Waals surface area contributed by atoms with E-state index in [2.05, 4.69) is 10.3 Å². The van der Waals surface area contributed by atoms with E-state index in [1.807, 2.05) is 48.5 Å². The summed E-state index contributed by atoms with van der Waals surface area (Å²) in [4.78, 5) is 31.1. The lowest BCUT2D eigenvalue weighted by Gasteiger charge is -2.14. The molecule has 5 rings (SSSR count). The monoisotopic (exact) mass is 449 g/mol. The first-order chi connectivity index (χ1) is 16.6. The minimum absolute atomic E-state index is 0.0409. The number of carbonyl (C=O) groups excluding carboxylic acids is 1. The van der Waals surface area contributed by atoms with Crippen LogP contribution in [0.4, 0.5) is 10.1 Å². The van der Waals surface area contributed by atoms with Crippen molar-refractivity contribution in [1.29, 1.82) is 0 Å². The van der Waals surface area contributed by atoms with Crippen LogP contribution in [0.1, 0.15) is 15.9 Å². The number of benzene rings is 3. The molecule has 0 aliphatic heterocycles. The number of nitrogens with zero attached hydrogens (tertiary/aromatic N) is 2. The number of hydrogen-bond acceptors (Lipinski definition) is 3. The summed E-state index contributed by atoms with van der Waals surface area (Å²) < 4.78 is 15.7. The molecule has 166 valence electrons. The van der Waals surface area contributed by atoms with E-state index in [-0.39, 0.29) is 12.1 Å². The third kappa shape index (κ3) is 4.09. The maximum absolute atomic E-state index is 14.3. The molecule has 6 heteroatoms. The fourth-order valence-corrected chi connectivity index (χ4v) is 3.96. The molecule has 5 aromatic rings. The van der Waals surface area contributed by atoms with Gasteiger partial charge in [0.05, 0.1) is 6.54 Å². The molecule has 2 heterocycles. The quantitative estimate of drug-likeness (QED) is 0.385. The number of fused-ring (bicyclic) bond motifs is 1. The Morgan fingerprint density at radius 1 is 0.882 bits per heavy atom. The molecule has 1 amide bonds. The Morgan fingerprint density at radius 3 is 2.44 bits per heavy atom. The second-order valence-electron chi connectivity index (χ2n) is 7.82. The maximum atomic E-state index is 14.3. The van der Waals surface area contributed by atoms with E-state index in [0.717, 1.165) is 11.1 Å². The first-order valence-electron chi connectivity index (χ1n) is 10.8. The van der Waals surface area contributed by atoms with Gasteiger partial charge < -0.3 is 5.32 Å². The van der Waals surface area contributed by atoms with Gasteiger partial charge in [0.1, 0.15) is 17.0 Å². The number of carbonyl (C=O) groups is 1. The predicted molar refractivity (Wildman–Crippen MR) is 131 cm³/mol. The highest BCUT2D eigenvalue weighted by Gasteiger charge is 2.18. The highest BCUT2D eigenvalue weighted by Crippen LogP contribution is 2.28. The zero-order chi connectivity index (χ0) is 23.5. The van der Waals surface area contributed by atoms with Gasteiger partial charge in [-0.3, -0.25) is 14.2 Å². The minimum Gasteiger partial charge on any atom is -0.321 e. The molecular weight excluding hydrogens is 429 g/mol. The smallest absolute Gasteiger partial charge is 0.265 e. The predicted octanol–water partition coefficient (Wildman–Crippen LogP) is 5.50. The van der Waals surface area contributed by atoms with Gasteiger partial charge in [-0.1, -0.05) is 66.7 Å². The zero-order valence-electron chi connectivity index (χ0n) is 18.1. The van der Waals surface area contributed by atoms with Gasteiger partial charge in [-0.15, -0.1) is 0 Å². The highest BCUT2D eigenvalue weighted by molar-refractivity contribution is 6.07. The van der Waals surface area contributed by atoms with E-state index < -0.39 is 17.3 Å². The van der Waals surface area contributed by atoms with Gasteiger partial charge in [0, 0.05) is 28.4 Å². The van der Waals surface area contributed by atoms with Crippen LogP contribution in [-0.2, 0) is 6.54 Å². The normalized spacial score (nSPS) is 10.9. The molecule has 0 unspecified atom stereocenters. The summed E-state index contributed by atoms with van der Waals surface area (Å²) in [6.45, 7) is -0.0409. The number of halogens is 1. The summed E-state index contributed by atoms with van der Waals surface area (Å²) in [5.41, 5.74) is 2.51. The lowest BCUT2D eigenvalue weighted by Crippen LogP contribution is -2.30. The SMILES string of the molecule is O=C(Nc1ccccc1-c1ccccc1)c1cc2cccnc2n(Cc2ccccc2F)c1=O. The molecule has 3 aromatic carbocycles. The van der Waals surface area contributed by atoms with Crippen molar-refractivity contribution in [2.24, 2.45) is 0 Å². The highest BCUT2D eigenvalue weighted by atomic mass is 19.1. The van der Waals surface area contributed by atoms with Crippen LogP contribution in [0.3, 0.4) is 0 Å². The molecule has 0 atom stereocenters. The Morgan fingerprint density at radius 2 is 1.62 bits per heavy atom. The first kappa shape index (κ1) is 21.3. The Kier molecular flexibility index (Phi) is 5.70. The van der Waals surface area contributed by atoms with Crippen LogP contribution in [0.15, 0.2) is 108 Å². The second-order valence-corrected chi connectivity index (χ2v) is 7.82. The fourth-order valence-electron chi connectivity index (χ4n) is 3.96. The molecule has 5 nitrogen and oxygen atoms in total. The zero-order valence-corrected chi connectivity index (χ0v) is 18.1. The number of hydrogen-bond donors (Lipinski definition) is 1. The van der Waals surface area contributed by atoms with Crippen molar-refractivity contribution in [3.8, 4) is 11.1 Å². The summed E-state index contributed by atoms with van der Waals surface area (Å²) >= 11 is 0. The van der Waals surface area contributed by atoms with Gasteiger partial charge >= 0.3 is 0 Å². The summed E-state index contributed by atoms with van der Waals surface area (Å²) in [5, 5.41) is 3.50. The van der Waals surface area contributed by atoms with Crippen LogP contribution >= 0.6 is 0 Å². The molecular formula is C28H20FN3O2. The number of anilines is 1. The number of rotatable bonds is 5. The molecule has 0 fully saturated rings. The molecule has 0 bridgehead atoms. The van der Waals surface area contributed by atoms with E-state index in [4.69, 9.17) is 0 Å². The Balaban J connectivity index is 1.58. The number of nitrogens with one attached hydrogen (secondary N) is 1. The minimum atomic E-state index is -0.540. The van der Waals surface area contributed by atoms with Crippen LogP contribution in [0.2, 0.25) is 0 Å². The molecule has 0 aliphatic rings. The Labute approximate surface area is 195 Å². The molecule has 0 spiro atoms. The molecule has 0 radical (unpaired) electrons. The molecule has 0 aliphatic carbocycles. The Bertz CT molecular complexity index is 1560. The van der Waals surface area contributed by atoms with Crippen molar-refractivity contribution in [3.63, 3.8) is 0 Å². The van der Waals surface area contributed by atoms with Crippen LogP contribution in [0.25, 0.3) is 22.2 Å². The van der Waals surface area contributed by atoms with Gasteiger partial charge in [0.15, 0.2) is 0 Å². The van der Waals surface area contributed by atoms with Crippen molar-refractivity contribution >= 4 is 22.6 Å². The standard InChI is InChI=1S/C28H20FN3O2/c29-24-14-6-4-11-21(24)18-32-26-20(12-8-16-30-26)17-23(28(32)34)27(33)31-25-15-7-5-13-22(25)19-9-2-1-3-10-19/h1-17H,18H2,(H,31,33). The third-order valence-electron chi connectivity index (χ3n) is 5.64. The van der Waals surface area contributed by atoms with E-state index in [1.54, 1.807) is 42.6 Å². The van der Waals surface area contributed by atoms with Gasteiger partial charge in [-0.2, -0.15) is 0 Å². The third-order valence-corrected chi connectivity index (χ3v) is 5.64. The van der Waals surface area contributed by atoms with Crippen LogP contribution in [-0.4, -0.2) is 15.5 Å². The van der Waals surface area contributed by atoms with Crippen LogP contribution in [0.5, 0.6) is 0 Å². The Hall–Kier alpha value is -4.58. The maximum Gasteiger partial charge on any atom is 0.265 e. The number of pyridine rings is 2. The van der Waals surface area contributed by atoms with E-state index >= 15 is 0 Å². The largest absolute Gasteiger partial charge is 0.321 e. The number of amides is 1. The average Bonchev–Trinajstić information content (AvgIpc) is 2.87. The molecule has 0 saturated heterocycles. The van der Waals surface area contributed by atoms with Crippen molar-refractivity contribution in [1.82, 2.24) is 9.55 Å².